The Morgan fingerprint density at radius 3 is 3.00 bits per heavy atom. The van der Waals surface area contributed by atoms with Gasteiger partial charge in [-0.3, -0.25) is 0 Å². The van der Waals surface area contributed by atoms with E-state index in [9.17, 15) is 0 Å². The summed E-state index contributed by atoms with van der Waals surface area (Å²) in [5.74, 6) is 0.650. The minimum Gasteiger partial charge on any atom is -0.436 e. The molecule has 3 aromatic rings. The number of anilines is 1. The van der Waals surface area contributed by atoms with Crippen LogP contribution in [0.15, 0.2) is 39.4 Å². The Bertz CT molecular complexity index is 598. The van der Waals surface area contributed by atoms with Gasteiger partial charge < -0.3 is 10.2 Å². The van der Waals surface area contributed by atoms with E-state index in [1.54, 1.807) is 11.3 Å². The summed E-state index contributed by atoms with van der Waals surface area (Å²) < 4.78 is 5.61. The lowest BCUT2D eigenvalue weighted by Gasteiger charge is -1.88. The molecule has 0 amide bonds. The van der Waals surface area contributed by atoms with Crippen molar-refractivity contribution in [1.29, 1.82) is 0 Å². The van der Waals surface area contributed by atoms with E-state index in [0.717, 1.165) is 16.7 Å². The molecule has 0 saturated heterocycles. The minimum absolute atomic E-state index is 0.650. The zero-order chi connectivity index (χ0) is 10.3. The summed E-state index contributed by atoms with van der Waals surface area (Å²) in [5, 5.41) is 4.01. The highest BCUT2D eigenvalue weighted by molar-refractivity contribution is 7.08. The summed E-state index contributed by atoms with van der Waals surface area (Å²) in [7, 11) is 0. The first-order valence-corrected chi connectivity index (χ1v) is 5.46. The smallest absolute Gasteiger partial charge is 0.228 e. The van der Waals surface area contributed by atoms with Gasteiger partial charge in [-0.15, -0.1) is 0 Å². The van der Waals surface area contributed by atoms with Crippen LogP contribution in [0.2, 0.25) is 0 Å². The molecule has 0 bridgehead atoms. The Kier molecular flexibility index (Phi) is 1.76. The number of fused-ring (bicyclic) bond motifs is 1. The second-order valence-electron chi connectivity index (χ2n) is 3.26. The molecular weight excluding hydrogens is 208 g/mol. The maximum absolute atomic E-state index is 5.67. The van der Waals surface area contributed by atoms with E-state index in [1.807, 2.05) is 35.0 Å². The summed E-state index contributed by atoms with van der Waals surface area (Å²) >= 11 is 1.62. The van der Waals surface area contributed by atoms with E-state index in [-0.39, 0.29) is 0 Å². The number of nitrogens with zero attached hydrogens (tertiary/aromatic N) is 1. The Morgan fingerprint density at radius 1 is 1.27 bits per heavy atom. The van der Waals surface area contributed by atoms with Crippen LogP contribution >= 0.6 is 11.3 Å². The molecule has 0 unspecified atom stereocenters. The van der Waals surface area contributed by atoms with Gasteiger partial charge in [0.15, 0.2) is 5.58 Å². The molecule has 1 aromatic carbocycles. The van der Waals surface area contributed by atoms with Crippen molar-refractivity contribution in [3.05, 3.63) is 35.0 Å². The van der Waals surface area contributed by atoms with Gasteiger partial charge in [-0.05, 0) is 29.6 Å². The summed E-state index contributed by atoms with van der Waals surface area (Å²) in [4.78, 5) is 4.38. The van der Waals surface area contributed by atoms with Gasteiger partial charge in [0.05, 0.1) is 0 Å². The molecule has 2 N–H and O–H groups in total. The van der Waals surface area contributed by atoms with Crippen molar-refractivity contribution >= 4 is 28.1 Å². The molecule has 0 saturated carbocycles. The van der Waals surface area contributed by atoms with Crippen LogP contribution < -0.4 is 5.73 Å². The van der Waals surface area contributed by atoms with Gasteiger partial charge in [0.25, 0.3) is 0 Å². The van der Waals surface area contributed by atoms with Crippen LogP contribution in [0.1, 0.15) is 0 Å². The predicted octanol–water partition coefficient (Wildman–Crippen LogP) is 3.14. The van der Waals surface area contributed by atoms with Crippen molar-refractivity contribution in [3.8, 4) is 11.5 Å². The number of rotatable bonds is 1. The normalized spacial score (nSPS) is 10.9. The second kappa shape index (κ2) is 3.10. The SMILES string of the molecule is Nc1ccc2oc(-c3ccsc3)nc2c1. The average Bonchev–Trinajstić information content (AvgIpc) is 2.84. The predicted molar refractivity (Wildman–Crippen MR) is 61.7 cm³/mol. The molecule has 15 heavy (non-hydrogen) atoms. The van der Waals surface area contributed by atoms with E-state index >= 15 is 0 Å². The monoisotopic (exact) mass is 216 g/mol. The minimum atomic E-state index is 0.650. The highest BCUT2D eigenvalue weighted by Gasteiger charge is 2.07. The first-order chi connectivity index (χ1) is 7.33. The van der Waals surface area contributed by atoms with Gasteiger partial charge in [0.2, 0.25) is 5.89 Å². The standard InChI is InChI=1S/C11H8N2OS/c12-8-1-2-10-9(5-8)13-11(14-10)7-3-4-15-6-7/h1-6H,12H2. The molecule has 0 spiro atoms. The number of benzene rings is 1. The van der Waals surface area contributed by atoms with Crippen molar-refractivity contribution in [2.45, 2.75) is 0 Å². The molecule has 3 rings (SSSR count). The zero-order valence-corrected chi connectivity index (χ0v) is 8.62. The fourth-order valence-corrected chi connectivity index (χ4v) is 2.08. The summed E-state index contributed by atoms with van der Waals surface area (Å²) in [6.45, 7) is 0. The van der Waals surface area contributed by atoms with Crippen LogP contribution in [-0.4, -0.2) is 4.98 Å². The lowest BCUT2D eigenvalue weighted by atomic mass is 10.3. The van der Waals surface area contributed by atoms with E-state index in [0.29, 0.717) is 11.6 Å². The fraction of sp³-hybridized carbons (Fsp3) is 0. The third kappa shape index (κ3) is 1.39. The quantitative estimate of drug-likeness (QED) is 0.636. The largest absolute Gasteiger partial charge is 0.436 e. The molecule has 0 aliphatic rings. The average molecular weight is 216 g/mol. The lowest BCUT2D eigenvalue weighted by Crippen LogP contribution is -1.82. The molecule has 0 radical (unpaired) electrons. The maximum atomic E-state index is 5.67. The first-order valence-electron chi connectivity index (χ1n) is 4.51. The Morgan fingerprint density at radius 2 is 2.20 bits per heavy atom. The van der Waals surface area contributed by atoms with E-state index in [2.05, 4.69) is 4.98 Å². The highest BCUT2D eigenvalue weighted by Crippen LogP contribution is 2.26. The van der Waals surface area contributed by atoms with Gasteiger partial charge in [-0.25, -0.2) is 4.98 Å². The molecule has 0 fully saturated rings. The van der Waals surface area contributed by atoms with Gasteiger partial charge >= 0.3 is 0 Å². The number of hydrogen-bond acceptors (Lipinski definition) is 4. The number of aromatic nitrogens is 1. The number of nitrogen functional groups attached to an aromatic ring is 1. The number of oxazole rings is 1. The van der Waals surface area contributed by atoms with Crippen LogP contribution in [0.4, 0.5) is 5.69 Å². The van der Waals surface area contributed by atoms with E-state index in [4.69, 9.17) is 10.2 Å². The third-order valence-electron chi connectivity index (χ3n) is 2.18. The lowest BCUT2D eigenvalue weighted by molar-refractivity contribution is 0.620. The van der Waals surface area contributed by atoms with E-state index < -0.39 is 0 Å². The number of thiophene rings is 1. The maximum Gasteiger partial charge on any atom is 0.228 e. The molecule has 74 valence electrons. The Labute approximate surface area is 90.2 Å². The van der Waals surface area contributed by atoms with E-state index in [1.165, 1.54) is 0 Å². The van der Waals surface area contributed by atoms with Crippen LogP contribution in [-0.2, 0) is 0 Å². The van der Waals surface area contributed by atoms with Crippen LogP contribution in [0.3, 0.4) is 0 Å². The Balaban J connectivity index is 2.22. The molecule has 0 aliphatic heterocycles. The first kappa shape index (κ1) is 8.49. The fourth-order valence-electron chi connectivity index (χ4n) is 1.45. The second-order valence-corrected chi connectivity index (χ2v) is 4.04. The molecule has 4 heteroatoms. The van der Waals surface area contributed by atoms with Gasteiger partial charge in [0.1, 0.15) is 5.52 Å². The Hall–Kier alpha value is -1.81. The summed E-state index contributed by atoms with van der Waals surface area (Å²) in [5.41, 5.74) is 8.95. The molecule has 2 heterocycles. The number of nitrogens with two attached hydrogens (primary N) is 1. The summed E-state index contributed by atoms with van der Waals surface area (Å²) in [6.07, 6.45) is 0. The van der Waals surface area contributed by atoms with Crippen molar-refractivity contribution < 1.29 is 4.42 Å². The van der Waals surface area contributed by atoms with Crippen LogP contribution in [0, 0.1) is 0 Å². The zero-order valence-electron chi connectivity index (χ0n) is 7.81. The molecule has 2 aromatic heterocycles. The number of hydrogen-bond donors (Lipinski definition) is 1. The van der Waals surface area contributed by atoms with Crippen molar-refractivity contribution in [3.63, 3.8) is 0 Å². The van der Waals surface area contributed by atoms with Crippen LogP contribution in [0.5, 0.6) is 0 Å². The molecule has 0 atom stereocenters. The highest BCUT2D eigenvalue weighted by atomic mass is 32.1. The molecular formula is C11H8N2OS. The topological polar surface area (TPSA) is 52.0 Å². The van der Waals surface area contributed by atoms with Crippen molar-refractivity contribution in [2.75, 3.05) is 5.73 Å². The van der Waals surface area contributed by atoms with Crippen LogP contribution in [0.25, 0.3) is 22.6 Å². The van der Waals surface area contributed by atoms with Crippen molar-refractivity contribution in [1.82, 2.24) is 4.98 Å². The van der Waals surface area contributed by atoms with Gasteiger partial charge in [-0.1, -0.05) is 0 Å². The molecule has 0 aliphatic carbocycles. The van der Waals surface area contributed by atoms with Crippen molar-refractivity contribution in [2.24, 2.45) is 0 Å². The van der Waals surface area contributed by atoms with Gasteiger partial charge in [0, 0.05) is 16.6 Å². The summed E-state index contributed by atoms with van der Waals surface area (Å²) in [6, 6.07) is 7.45. The molecule has 3 nitrogen and oxygen atoms in total. The van der Waals surface area contributed by atoms with Gasteiger partial charge in [-0.2, -0.15) is 11.3 Å². The third-order valence-corrected chi connectivity index (χ3v) is 2.86.